The molecular formula is C10H15BrN2OS. The van der Waals surface area contributed by atoms with Crippen LogP contribution < -0.4 is 11.1 Å². The molecule has 0 saturated heterocycles. The Kier molecular flexibility index (Phi) is 4.76. The molecule has 0 aliphatic heterocycles. The van der Waals surface area contributed by atoms with Crippen LogP contribution in [-0.2, 0) is 4.79 Å². The number of nitrogens with one attached hydrogen (secondary N) is 1. The number of hydrogen-bond donors (Lipinski definition) is 2. The van der Waals surface area contributed by atoms with Gasteiger partial charge < -0.3 is 11.1 Å². The molecule has 0 fully saturated rings. The maximum atomic E-state index is 11.7. The number of nitrogens with two attached hydrogens (primary N) is 1. The summed E-state index contributed by atoms with van der Waals surface area (Å²) in [5, 5.41) is 2.86. The summed E-state index contributed by atoms with van der Waals surface area (Å²) in [6.45, 7) is 4.26. The Hall–Kier alpha value is -0.390. The standard InChI is InChI=1S/C10H15BrN2OS/c1-6(5-12)13-10(14)7(2)8-3-4-9(11)15-8/h3-4,6-7H,5,12H2,1-2H3,(H,13,14)/t6-,7?/m0/s1. The summed E-state index contributed by atoms with van der Waals surface area (Å²) in [6.07, 6.45) is 0. The molecule has 0 saturated carbocycles. The molecule has 0 aliphatic rings. The summed E-state index contributed by atoms with van der Waals surface area (Å²) in [6, 6.07) is 3.95. The quantitative estimate of drug-likeness (QED) is 0.892. The van der Waals surface area contributed by atoms with Gasteiger partial charge in [-0.1, -0.05) is 0 Å². The van der Waals surface area contributed by atoms with Crippen molar-refractivity contribution >= 4 is 33.2 Å². The third-order valence-corrected chi connectivity index (χ3v) is 3.96. The molecule has 0 aromatic carbocycles. The molecule has 0 aliphatic carbocycles. The minimum atomic E-state index is -0.115. The van der Waals surface area contributed by atoms with Gasteiger partial charge in [0.25, 0.3) is 0 Å². The van der Waals surface area contributed by atoms with E-state index in [0.717, 1.165) is 8.66 Å². The predicted octanol–water partition coefficient (Wildman–Crippen LogP) is 2.08. The second-order valence-electron chi connectivity index (χ2n) is 3.51. The van der Waals surface area contributed by atoms with Gasteiger partial charge >= 0.3 is 0 Å². The molecule has 3 nitrogen and oxygen atoms in total. The topological polar surface area (TPSA) is 55.1 Å². The SMILES string of the molecule is CC(C(=O)N[C@@H](C)CN)c1ccc(Br)s1. The van der Waals surface area contributed by atoms with E-state index in [0.29, 0.717) is 6.54 Å². The van der Waals surface area contributed by atoms with Crippen molar-refractivity contribution < 1.29 is 4.79 Å². The molecule has 0 bridgehead atoms. The molecule has 0 spiro atoms. The van der Waals surface area contributed by atoms with Crippen molar-refractivity contribution in [2.24, 2.45) is 5.73 Å². The lowest BCUT2D eigenvalue weighted by Gasteiger charge is -2.15. The molecule has 1 amide bonds. The van der Waals surface area contributed by atoms with Crippen molar-refractivity contribution in [1.82, 2.24) is 5.32 Å². The lowest BCUT2D eigenvalue weighted by molar-refractivity contribution is -0.122. The van der Waals surface area contributed by atoms with Gasteiger partial charge in [0.15, 0.2) is 0 Å². The largest absolute Gasteiger partial charge is 0.352 e. The number of hydrogen-bond acceptors (Lipinski definition) is 3. The molecular weight excluding hydrogens is 276 g/mol. The van der Waals surface area contributed by atoms with Crippen LogP contribution in [0.3, 0.4) is 0 Å². The van der Waals surface area contributed by atoms with Crippen molar-refractivity contribution in [1.29, 1.82) is 0 Å². The molecule has 1 aromatic rings. The van der Waals surface area contributed by atoms with Crippen LogP contribution in [0.1, 0.15) is 24.6 Å². The summed E-state index contributed by atoms with van der Waals surface area (Å²) >= 11 is 4.96. The van der Waals surface area contributed by atoms with Gasteiger partial charge in [-0.2, -0.15) is 0 Å². The van der Waals surface area contributed by atoms with Crippen LogP contribution in [-0.4, -0.2) is 18.5 Å². The van der Waals surface area contributed by atoms with Gasteiger partial charge in [0.1, 0.15) is 0 Å². The monoisotopic (exact) mass is 290 g/mol. The van der Waals surface area contributed by atoms with Gasteiger partial charge in [-0.25, -0.2) is 0 Å². The molecule has 1 heterocycles. The second-order valence-corrected chi connectivity index (χ2v) is 6.00. The smallest absolute Gasteiger partial charge is 0.228 e. The summed E-state index contributed by atoms with van der Waals surface area (Å²) in [7, 11) is 0. The molecule has 15 heavy (non-hydrogen) atoms. The van der Waals surface area contributed by atoms with Gasteiger partial charge in [-0.05, 0) is 41.9 Å². The molecule has 0 radical (unpaired) electrons. The Balaban J connectivity index is 2.60. The zero-order valence-electron chi connectivity index (χ0n) is 8.79. The first-order valence-corrected chi connectivity index (χ1v) is 6.41. The molecule has 2 atom stereocenters. The third kappa shape index (κ3) is 3.59. The van der Waals surface area contributed by atoms with Crippen LogP contribution in [0.2, 0.25) is 0 Å². The minimum absolute atomic E-state index is 0.0299. The molecule has 3 N–H and O–H groups in total. The van der Waals surface area contributed by atoms with Crippen LogP contribution in [0.4, 0.5) is 0 Å². The van der Waals surface area contributed by atoms with Crippen LogP contribution in [0, 0.1) is 0 Å². The first-order valence-electron chi connectivity index (χ1n) is 4.80. The van der Waals surface area contributed by atoms with Crippen molar-refractivity contribution in [3.63, 3.8) is 0 Å². The Morgan fingerprint density at radius 3 is 2.73 bits per heavy atom. The van der Waals surface area contributed by atoms with E-state index in [1.165, 1.54) is 0 Å². The molecule has 1 rings (SSSR count). The average Bonchev–Trinajstić information content (AvgIpc) is 2.63. The van der Waals surface area contributed by atoms with E-state index in [-0.39, 0.29) is 17.9 Å². The number of amides is 1. The van der Waals surface area contributed by atoms with Crippen molar-refractivity contribution in [3.8, 4) is 0 Å². The van der Waals surface area contributed by atoms with E-state index in [2.05, 4.69) is 21.2 Å². The lowest BCUT2D eigenvalue weighted by Crippen LogP contribution is -2.39. The van der Waals surface area contributed by atoms with Gasteiger partial charge in [0.2, 0.25) is 5.91 Å². The fourth-order valence-electron chi connectivity index (χ4n) is 1.12. The number of rotatable bonds is 4. The zero-order valence-corrected chi connectivity index (χ0v) is 11.2. The van der Waals surface area contributed by atoms with E-state index in [1.807, 2.05) is 26.0 Å². The number of thiophene rings is 1. The summed E-state index contributed by atoms with van der Waals surface area (Å²) in [5.74, 6) is -0.0856. The molecule has 84 valence electrons. The molecule has 1 aromatic heterocycles. The lowest BCUT2D eigenvalue weighted by atomic mass is 10.1. The molecule has 5 heteroatoms. The van der Waals surface area contributed by atoms with E-state index < -0.39 is 0 Å². The Labute approximate surface area is 102 Å². The highest BCUT2D eigenvalue weighted by Gasteiger charge is 2.17. The van der Waals surface area contributed by atoms with Crippen LogP contribution >= 0.6 is 27.3 Å². The summed E-state index contributed by atoms with van der Waals surface area (Å²) in [5.41, 5.74) is 5.44. The van der Waals surface area contributed by atoms with Crippen LogP contribution in [0.15, 0.2) is 15.9 Å². The number of halogens is 1. The van der Waals surface area contributed by atoms with Crippen LogP contribution in [0.5, 0.6) is 0 Å². The molecule has 1 unspecified atom stereocenters. The Morgan fingerprint density at radius 2 is 2.27 bits per heavy atom. The van der Waals surface area contributed by atoms with Crippen LogP contribution in [0.25, 0.3) is 0 Å². The maximum absolute atomic E-state index is 11.7. The summed E-state index contributed by atoms with van der Waals surface area (Å²) in [4.78, 5) is 12.8. The average molecular weight is 291 g/mol. The normalized spacial score (nSPS) is 14.7. The van der Waals surface area contributed by atoms with Gasteiger partial charge in [0, 0.05) is 17.5 Å². The second kappa shape index (κ2) is 5.63. The van der Waals surface area contributed by atoms with Crippen molar-refractivity contribution in [2.75, 3.05) is 6.54 Å². The van der Waals surface area contributed by atoms with E-state index in [4.69, 9.17) is 5.73 Å². The van der Waals surface area contributed by atoms with Crippen molar-refractivity contribution in [2.45, 2.75) is 25.8 Å². The van der Waals surface area contributed by atoms with E-state index >= 15 is 0 Å². The predicted molar refractivity (Wildman–Crippen MR) is 67.1 cm³/mol. The summed E-state index contributed by atoms with van der Waals surface area (Å²) < 4.78 is 1.05. The van der Waals surface area contributed by atoms with E-state index in [1.54, 1.807) is 11.3 Å². The van der Waals surface area contributed by atoms with E-state index in [9.17, 15) is 4.79 Å². The first kappa shape index (κ1) is 12.7. The van der Waals surface area contributed by atoms with Gasteiger partial charge in [-0.15, -0.1) is 11.3 Å². The fourth-order valence-corrected chi connectivity index (χ4v) is 2.59. The maximum Gasteiger partial charge on any atom is 0.228 e. The highest BCUT2D eigenvalue weighted by atomic mass is 79.9. The Bertz CT molecular complexity index is 340. The first-order chi connectivity index (χ1) is 7.04. The third-order valence-electron chi connectivity index (χ3n) is 2.16. The highest BCUT2D eigenvalue weighted by molar-refractivity contribution is 9.11. The van der Waals surface area contributed by atoms with Gasteiger partial charge in [0.05, 0.1) is 9.70 Å². The zero-order chi connectivity index (χ0) is 11.4. The number of carbonyl (C=O) groups is 1. The highest BCUT2D eigenvalue weighted by Crippen LogP contribution is 2.28. The number of carbonyl (C=O) groups excluding carboxylic acids is 1. The Morgan fingerprint density at radius 1 is 1.60 bits per heavy atom. The fraction of sp³-hybridized carbons (Fsp3) is 0.500. The van der Waals surface area contributed by atoms with Gasteiger partial charge in [-0.3, -0.25) is 4.79 Å². The van der Waals surface area contributed by atoms with Crippen molar-refractivity contribution in [3.05, 3.63) is 20.8 Å². The minimum Gasteiger partial charge on any atom is -0.352 e.